The first-order valence-corrected chi connectivity index (χ1v) is 6.12. The van der Waals surface area contributed by atoms with E-state index in [1.54, 1.807) is 18.3 Å². The van der Waals surface area contributed by atoms with Gasteiger partial charge in [0.2, 0.25) is 0 Å². The van der Waals surface area contributed by atoms with E-state index in [9.17, 15) is 0 Å². The van der Waals surface area contributed by atoms with Crippen LogP contribution >= 0.6 is 11.6 Å². The third-order valence-electron chi connectivity index (χ3n) is 2.30. The Morgan fingerprint density at radius 3 is 2.33 bits per heavy atom. The normalized spacial score (nSPS) is 10.1. The fraction of sp³-hybridized carbons (Fsp3) is 0.214. The number of pyridine rings is 1. The number of halogens is 1. The molecule has 0 bridgehead atoms. The van der Waals surface area contributed by atoms with Crippen molar-refractivity contribution in [1.82, 2.24) is 4.98 Å². The topological polar surface area (TPSA) is 31.4 Å². The molecule has 0 atom stereocenters. The molecule has 0 aliphatic carbocycles. The average Bonchev–Trinajstić information content (AvgIpc) is 2.38. The lowest BCUT2D eigenvalue weighted by atomic mass is 10.3. The number of benzene rings is 1. The molecule has 2 aromatic rings. The fourth-order valence-electron chi connectivity index (χ4n) is 1.48. The quantitative estimate of drug-likeness (QED) is 0.824. The molecule has 0 aliphatic heterocycles. The van der Waals surface area contributed by atoms with Gasteiger partial charge in [-0.05, 0) is 43.3 Å². The van der Waals surface area contributed by atoms with Crippen molar-refractivity contribution in [3.63, 3.8) is 0 Å². The number of ether oxygens (including phenoxy) is 2. The number of nitrogens with zero attached hydrogens (tertiary/aromatic N) is 1. The molecule has 0 amide bonds. The molecular weight excluding hydrogens is 250 g/mol. The van der Waals surface area contributed by atoms with E-state index in [4.69, 9.17) is 21.1 Å². The molecule has 0 saturated carbocycles. The Labute approximate surface area is 111 Å². The minimum atomic E-state index is 0.397. The third-order valence-corrected chi connectivity index (χ3v) is 2.54. The lowest BCUT2D eigenvalue weighted by molar-refractivity contribution is 0.299. The second kappa shape index (κ2) is 6.26. The summed E-state index contributed by atoms with van der Waals surface area (Å²) in [6.07, 6.45) is 1.67. The lowest BCUT2D eigenvalue weighted by Crippen LogP contribution is -1.98. The summed E-state index contributed by atoms with van der Waals surface area (Å²) in [6.45, 7) is 3.01. The van der Waals surface area contributed by atoms with E-state index >= 15 is 0 Å². The van der Waals surface area contributed by atoms with Gasteiger partial charge in [0.15, 0.2) is 0 Å². The molecule has 0 spiro atoms. The van der Waals surface area contributed by atoms with Crippen LogP contribution in [-0.4, -0.2) is 11.6 Å². The Balaban J connectivity index is 1.93. The van der Waals surface area contributed by atoms with Gasteiger partial charge in [-0.15, -0.1) is 0 Å². The largest absolute Gasteiger partial charge is 0.494 e. The first kappa shape index (κ1) is 12.7. The van der Waals surface area contributed by atoms with Crippen molar-refractivity contribution in [2.75, 3.05) is 6.61 Å². The highest BCUT2D eigenvalue weighted by Crippen LogP contribution is 2.18. The van der Waals surface area contributed by atoms with Gasteiger partial charge in [0.25, 0.3) is 0 Å². The second-order valence-corrected chi connectivity index (χ2v) is 4.09. The number of aromatic nitrogens is 1. The minimum Gasteiger partial charge on any atom is -0.494 e. The Morgan fingerprint density at radius 1 is 1.06 bits per heavy atom. The molecule has 0 unspecified atom stereocenters. The summed E-state index contributed by atoms with van der Waals surface area (Å²) in [4.78, 5) is 4.17. The van der Waals surface area contributed by atoms with E-state index < -0.39 is 0 Å². The molecule has 4 heteroatoms. The van der Waals surface area contributed by atoms with Gasteiger partial charge >= 0.3 is 0 Å². The van der Waals surface area contributed by atoms with E-state index in [0.717, 1.165) is 17.2 Å². The molecule has 1 heterocycles. The van der Waals surface area contributed by atoms with Crippen molar-refractivity contribution in [3.8, 4) is 11.5 Å². The van der Waals surface area contributed by atoms with Gasteiger partial charge in [-0.2, -0.15) is 0 Å². The Hall–Kier alpha value is -1.74. The number of hydrogen-bond acceptors (Lipinski definition) is 3. The van der Waals surface area contributed by atoms with Crippen molar-refractivity contribution in [2.24, 2.45) is 0 Å². The average molecular weight is 264 g/mol. The smallest absolute Gasteiger partial charge is 0.130 e. The van der Waals surface area contributed by atoms with E-state index in [0.29, 0.717) is 18.2 Å². The summed E-state index contributed by atoms with van der Waals surface area (Å²) in [6, 6.07) is 11.0. The van der Waals surface area contributed by atoms with Crippen molar-refractivity contribution < 1.29 is 9.47 Å². The van der Waals surface area contributed by atoms with Crippen LogP contribution in [0.4, 0.5) is 0 Å². The highest BCUT2D eigenvalue weighted by Gasteiger charge is 1.99. The van der Waals surface area contributed by atoms with Gasteiger partial charge in [0.1, 0.15) is 18.1 Å². The predicted octanol–water partition coefficient (Wildman–Crippen LogP) is 3.71. The zero-order chi connectivity index (χ0) is 12.8. The molecule has 18 heavy (non-hydrogen) atoms. The van der Waals surface area contributed by atoms with Gasteiger partial charge in [0.05, 0.1) is 12.3 Å². The van der Waals surface area contributed by atoms with Crippen LogP contribution in [0.15, 0.2) is 42.6 Å². The second-order valence-electron chi connectivity index (χ2n) is 3.66. The summed E-state index contributed by atoms with van der Waals surface area (Å²) < 4.78 is 11.0. The molecule has 1 aromatic heterocycles. The Morgan fingerprint density at radius 2 is 1.72 bits per heavy atom. The van der Waals surface area contributed by atoms with Crippen LogP contribution in [0.5, 0.6) is 11.5 Å². The molecule has 0 saturated heterocycles. The fourth-order valence-corrected chi connectivity index (χ4v) is 1.67. The van der Waals surface area contributed by atoms with Gasteiger partial charge in [-0.3, -0.25) is 4.98 Å². The molecule has 0 fully saturated rings. The predicted molar refractivity (Wildman–Crippen MR) is 71.2 cm³/mol. The summed E-state index contributed by atoms with van der Waals surface area (Å²) in [5.41, 5.74) is 0.802. The number of hydrogen-bond donors (Lipinski definition) is 0. The maximum absolute atomic E-state index is 5.87. The van der Waals surface area contributed by atoms with Gasteiger partial charge in [-0.1, -0.05) is 11.6 Å². The standard InChI is InChI=1S/C14H14ClNO2/c1-2-17-13-3-5-14(6-4-13)18-10-12-9-11(15)7-8-16-12/h3-9H,2,10H2,1H3. The molecule has 94 valence electrons. The molecule has 0 aliphatic rings. The maximum atomic E-state index is 5.87. The summed E-state index contributed by atoms with van der Waals surface area (Å²) in [7, 11) is 0. The van der Waals surface area contributed by atoms with E-state index in [2.05, 4.69) is 4.98 Å². The molecule has 0 radical (unpaired) electrons. The minimum absolute atomic E-state index is 0.397. The zero-order valence-electron chi connectivity index (χ0n) is 10.1. The first-order chi connectivity index (χ1) is 8.78. The first-order valence-electron chi connectivity index (χ1n) is 5.74. The Bertz CT molecular complexity index is 499. The van der Waals surface area contributed by atoms with E-state index in [1.807, 2.05) is 31.2 Å². The van der Waals surface area contributed by atoms with E-state index in [1.165, 1.54) is 0 Å². The van der Waals surface area contributed by atoms with Crippen molar-refractivity contribution in [3.05, 3.63) is 53.3 Å². The lowest BCUT2D eigenvalue weighted by Gasteiger charge is -2.07. The SMILES string of the molecule is CCOc1ccc(OCc2cc(Cl)ccn2)cc1. The molecule has 0 N–H and O–H groups in total. The molecule has 1 aromatic carbocycles. The van der Waals surface area contributed by atoms with Crippen LogP contribution in [0, 0.1) is 0 Å². The molecule has 3 nitrogen and oxygen atoms in total. The molecule has 2 rings (SSSR count). The van der Waals surface area contributed by atoms with Gasteiger partial charge < -0.3 is 9.47 Å². The van der Waals surface area contributed by atoms with Crippen LogP contribution in [0.1, 0.15) is 12.6 Å². The van der Waals surface area contributed by atoms with Crippen molar-refractivity contribution in [1.29, 1.82) is 0 Å². The number of rotatable bonds is 5. The highest BCUT2D eigenvalue weighted by molar-refractivity contribution is 6.30. The maximum Gasteiger partial charge on any atom is 0.130 e. The van der Waals surface area contributed by atoms with Crippen LogP contribution in [-0.2, 0) is 6.61 Å². The van der Waals surface area contributed by atoms with Crippen LogP contribution in [0.3, 0.4) is 0 Å². The van der Waals surface area contributed by atoms with Crippen LogP contribution < -0.4 is 9.47 Å². The van der Waals surface area contributed by atoms with Crippen LogP contribution in [0.2, 0.25) is 5.02 Å². The van der Waals surface area contributed by atoms with Crippen molar-refractivity contribution in [2.45, 2.75) is 13.5 Å². The van der Waals surface area contributed by atoms with Crippen LogP contribution in [0.25, 0.3) is 0 Å². The molecular formula is C14H14ClNO2. The Kier molecular flexibility index (Phi) is 4.42. The van der Waals surface area contributed by atoms with Gasteiger partial charge in [-0.25, -0.2) is 0 Å². The summed E-state index contributed by atoms with van der Waals surface area (Å²) in [5, 5.41) is 0.662. The zero-order valence-corrected chi connectivity index (χ0v) is 10.9. The third kappa shape index (κ3) is 3.64. The van der Waals surface area contributed by atoms with Gasteiger partial charge in [0, 0.05) is 11.2 Å². The summed E-state index contributed by atoms with van der Waals surface area (Å²) >= 11 is 5.87. The monoisotopic (exact) mass is 263 g/mol. The van der Waals surface area contributed by atoms with E-state index in [-0.39, 0.29) is 0 Å². The van der Waals surface area contributed by atoms with Crippen molar-refractivity contribution >= 4 is 11.6 Å². The highest BCUT2D eigenvalue weighted by atomic mass is 35.5. The summed E-state index contributed by atoms with van der Waals surface area (Å²) in [5.74, 6) is 1.62.